The van der Waals surface area contributed by atoms with Crippen LogP contribution in [0.3, 0.4) is 0 Å². The summed E-state index contributed by atoms with van der Waals surface area (Å²) in [6.07, 6.45) is 0.995. The Morgan fingerprint density at radius 3 is 2.85 bits per heavy atom. The lowest BCUT2D eigenvalue weighted by molar-refractivity contribution is 0.0562. The Balaban J connectivity index is 2.05. The standard InChI is InChI=1S/C15H19NO3S/c1-4-11(14-6-5-9-20-14)16-10(2)12-7-8-13(19-12)15(17)18-3/h5-11,16H,4H2,1-3H3. The van der Waals surface area contributed by atoms with Crippen LogP contribution < -0.4 is 5.32 Å². The topological polar surface area (TPSA) is 51.5 Å². The van der Waals surface area contributed by atoms with Gasteiger partial charge in [0, 0.05) is 10.9 Å². The summed E-state index contributed by atoms with van der Waals surface area (Å²) in [5.41, 5.74) is 0. The van der Waals surface area contributed by atoms with E-state index in [-0.39, 0.29) is 17.8 Å². The normalized spacial score (nSPS) is 13.9. The van der Waals surface area contributed by atoms with Crippen molar-refractivity contribution in [1.29, 1.82) is 0 Å². The number of esters is 1. The molecule has 108 valence electrons. The van der Waals surface area contributed by atoms with Crippen molar-refractivity contribution in [3.63, 3.8) is 0 Å². The van der Waals surface area contributed by atoms with Crippen LogP contribution >= 0.6 is 11.3 Å². The first kappa shape index (κ1) is 14.8. The summed E-state index contributed by atoms with van der Waals surface area (Å²) >= 11 is 1.74. The average Bonchev–Trinajstić information content (AvgIpc) is 3.14. The smallest absolute Gasteiger partial charge is 0.373 e. The highest BCUT2D eigenvalue weighted by Gasteiger charge is 2.19. The predicted molar refractivity (Wildman–Crippen MR) is 78.9 cm³/mol. The molecule has 2 unspecified atom stereocenters. The Morgan fingerprint density at radius 2 is 2.25 bits per heavy atom. The van der Waals surface area contributed by atoms with Crippen molar-refractivity contribution in [2.45, 2.75) is 32.4 Å². The van der Waals surface area contributed by atoms with E-state index < -0.39 is 5.97 Å². The molecule has 2 rings (SSSR count). The van der Waals surface area contributed by atoms with Crippen molar-refractivity contribution in [3.05, 3.63) is 46.0 Å². The molecule has 0 aliphatic carbocycles. The van der Waals surface area contributed by atoms with E-state index in [0.717, 1.165) is 12.2 Å². The maximum Gasteiger partial charge on any atom is 0.373 e. The fourth-order valence-electron chi connectivity index (χ4n) is 2.07. The molecule has 2 heterocycles. The molecule has 0 radical (unpaired) electrons. The quantitative estimate of drug-likeness (QED) is 0.820. The molecule has 5 heteroatoms. The van der Waals surface area contributed by atoms with Crippen LogP contribution in [-0.4, -0.2) is 13.1 Å². The molecule has 0 fully saturated rings. The molecule has 0 aliphatic rings. The van der Waals surface area contributed by atoms with E-state index in [1.807, 2.05) is 13.0 Å². The van der Waals surface area contributed by atoms with Gasteiger partial charge >= 0.3 is 5.97 Å². The van der Waals surface area contributed by atoms with E-state index in [2.05, 4.69) is 34.5 Å². The van der Waals surface area contributed by atoms with E-state index in [0.29, 0.717) is 0 Å². The summed E-state index contributed by atoms with van der Waals surface area (Å²) in [5.74, 6) is 0.523. The molecule has 0 spiro atoms. The zero-order chi connectivity index (χ0) is 14.5. The Hall–Kier alpha value is -1.59. The van der Waals surface area contributed by atoms with Crippen LogP contribution in [0.2, 0.25) is 0 Å². The highest BCUT2D eigenvalue weighted by molar-refractivity contribution is 7.10. The number of hydrogen-bond donors (Lipinski definition) is 1. The lowest BCUT2D eigenvalue weighted by Crippen LogP contribution is -2.23. The Kier molecular flexibility index (Phi) is 4.98. The van der Waals surface area contributed by atoms with Crippen molar-refractivity contribution in [1.82, 2.24) is 5.32 Å². The van der Waals surface area contributed by atoms with Crippen molar-refractivity contribution in [2.24, 2.45) is 0 Å². The highest BCUT2D eigenvalue weighted by Crippen LogP contribution is 2.26. The van der Waals surface area contributed by atoms with Gasteiger partial charge in [-0.3, -0.25) is 5.32 Å². The molecular weight excluding hydrogens is 274 g/mol. The molecule has 0 aliphatic heterocycles. The molecule has 2 aromatic heterocycles. The monoisotopic (exact) mass is 293 g/mol. The Morgan fingerprint density at radius 1 is 1.45 bits per heavy atom. The van der Waals surface area contributed by atoms with E-state index in [1.165, 1.54) is 12.0 Å². The summed E-state index contributed by atoms with van der Waals surface area (Å²) < 4.78 is 10.2. The summed E-state index contributed by atoms with van der Waals surface area (Å²) in [5, 5.41) is 5.60. The number of ether oxygens (including phenoxy) is 1. The maximum atomic E-state index is 11.4. The van der Waals surface area contributed by atoms with Gasteiger partial charge in [-0.15, -0.1) is 11.3 Å². The lowest BCUT2D eigenvalue weighted by atomic mass is 10.1. The van der Waals surface area contributed by atoms with Gasteiger partial charge in [0.25, 0.3) is 0 Å². The number of carbonyl (C=O) groups is 1. The van der Waals surface area contributed by atoms with Crippen LogP contribution in [0.5, 0.6) is 0 Å². The first-order chi connectivity index (χ1) is 9.65. The third-order valence-electron chi connectivity index (χ3n) is 3.19. The van der Waals surface area contributed by atoms with Crippen molar-refractivity contribution >= 4 is 17.3 Å². The molecule has 2 atom stereocenters. The van der Waals surface area contributed by atoms with E-state index in [9.17, 15) is 4.79 Å². The van der Waals surface area contributed by atoms with Gasteiger partial charge in [0.15, 0.2) is 0 Å². The minimum Gasteiger partial charge on any atom is -0.463 e. The van der Waals surface area contributed by atoms with Gasteiger partial charge in [-0.05, 0) is 36.9 Å². The number of nitrogens with one attached hydrogen (secondary N) is 1. The van der Waals surface area contributed by atoms with Crippen molar-refractivity contribution < 1.29 is 13.9 Å². The van der Waals surface area contributed by atoms with Crippen molar-refractivity contribution in [2.75, 3.05) is 7.11 Å². The van der Waals surface area contributed by atoms with Crippen LogP contribution in [0.25, 0.3) is 0 Å². The number of hydrogen-bond acceptors (Lipinski definition) is 5. The third-order valence-corrected chi connectivity index (χ3v) is 4.17. The minimum absolute atomic E-state index is 0.0282. The van der Waals surface area contributed by atoms with Gasteiger partial charge in [-0.25, -0.2) is 4.79 Å². The van der Waals surface area contributed by atoms with Gasteiger partial charge in [-0.2, -0.15) is 0 Å². The molecule has 2 aromatic rings. The molecule has 0 amide bonds. The summed E-state index contributed by atoms with van der Waals surface area (Å²) in [7, 11) is 1.34. The van der Waals surface area contributed by atoms with Gasteiger partial charge in [-0.1, -0.05) is 13.0 Å². The fraction of sp³-hybridized carbons (Fsp3) is 0.400. The summed E-state index contributed by atoms with van der Waals surface area (Å²) in [6.45, 7) is 4.17. The van der Waals surface area contributed by atoms with E-state index in [1.54, 1.807) is 17.4 Å². The lowest BCUT2D eigenvalue weighted by Gasteiger charge is -2.20. The fourth-order valence-corrected chi connectivity index (χ4v) is 2.94. The Labute approximate surface area is 122 Å². The second kappa shape index (κ2) is 6.72. The average molecular weight is 293 g/mol. The second-order valence-corrected chi connectivity index (χ2v) is 5.54. The van der Waals surface area contributed by atoms with E-state index >= 15 is 0 Å². The van der Waals surface area contributed by atoms with Gasteiger partial charge in [0.2, 0.25) is 5.76 Å². The molecule has 4 nitrogen and oxygen atoms in total. The zero-order valence-corrected chi connectivity index (χ0v) is 12.7. The summed E-state index contributed by atoms with van der Waals surface area (Å²) in [6, 6.07) is 7.95. The third kappa shape index (κ3) is 3.29. The molecule has 0 aromatic carbocycles. The first-order valence-electron chi connectivity index (χ1n) is 6.63. The molecule has 20 heavy (non-hydrogen) atoms. The zero-order valence-electron chi connectivity index (χ0n) is 11.9. The first-order valence-corrected chi connectivity index (χ1v) is 7.51. The molecule has 1 N–H and O–H groups in total. The highest BCUT2D eigenvalue weighted by atomic mass is 32.1. The van der Waals surface area contributed by atoms with Crippen molar-refractivity contribution in [3.8, 4) is 0 Å². The number of methoxy groups -OCH3 is 1. The number of thiophene rings is 1. The predicted octanol–water partition coefficient (Wildman–Crippen LogP) is 3.93. The second-order valence-electron chi connectivity index (χ2n) is 4.56. The summed E-state index contributed by atoms with van der Waals surface area (Å²) in [4.78, 5) is 12.7. The number of rotatable bonds is 6. The number of furan rings is 1. The SMILES string of the molecule is CCC(NC(C)c1ccc(C(=O)OC)o1)c1cccs1. The van der Waals surface area contributed by atoms with Crippen LogP contribution in [0, 0.1) is 0 Å². The molecular formula is C15H19NO3S. The minimum atomic E-state index is -0.450. The Bertz CT molecular complexity index is 547. The van der Waals surface area contributed by atoms with Crippen LogP contribution in [0.1, 0.15) is 53.5 Å². The van der Waals surface area contributed by atoms with Gasteiger partial charge in [0.05, 0.1) is 13.2 Å². The number of carbonyl (C=O) groups excluding carboxylic acids is 1. The largest absolute Gasteiger partial charge is 0.463 e. The van der Waals surface area contributed by atoms with E-state index in [4.69, 9.17) is 4.42 Å². The molecule has 0 saturated carbocycles. The molecule has 0 bridgehead atoms. The molecule has 0 saturated heterocycles. The van der Waals surface area contributed by atoms with Crippen LogP contribution in [0.4, 0.5) is 0 Å². The maximum absolute atomic E-state index is 11.4. The van der Waals surface area contributed by atoms with Crippen LogP contribution in [0.15, 0.2) is 34.1 Å². The van der Waals surface area contributed by atoms with Crippen LogP contribution in [-0.2, 0) is 4.74 Å². The van der Waals surface area contributed by atoms with Gasteiger partial charge < -0.3 is 9.15 Å². The van der Waals surface area contributed by atoms with Gasteiger partial charge in [0.1, 0.15) is 5.76 Å².